The second-order valence-corrected chi connectivity index (χ2v) is 4.05. The van der Waals surface area contributed by atoms with E-state index < -0.39 is 4.92 Å². The van der Waals surface area contributed by atoms with Gasteiger partial charge >= 0.3 is 5.69 Å². The summed E-state index contributed by atoms with van der Waals surface area (Å²) in [6.45, 7) is 1.94. The number of hydrogen-bond acceptors (Lipinski definition) is 6. The normalized spacial score (nSPS) is 11.8. The minimum absolute atomic E-state index is 0.0259. The number of anilines is 2. The molecular formula is C12H13N5O2. The van der Waals surface area contributed by atoms with Crippen LogP contribution in [0.5, 0.6) is 0 Å². The lowest BCUT2D eigenvalue weighted by atomic mass is 10.1. The summed E-state index contributed by atoms with van der Waals surface area (Å²) < 4.78 is 0. The van der Waals surface area contributed by atoms with Crippen LogP contribution in [0.3, 0.4) is 0 Å². The number of aromatic nitrogens is 2. The van der Waals surface area contributed by atoms with Crippen LogP contribution < -0.4 is 11.1 Å². The summed E-state index contributed by atoms with van der Waals surface area (Å²) in [6.07, 6.45) is 2.34. The molecule has 0 amide bonds. The van der Waals surface area contributed by atoms with Gasteiger partial charge in [0.25, 0.3) is 0 Å². The summed E-state index contributed by atoms with van der Waals surface area (Å²) in [6, 6.07) is 7.40. The number of nitrogens with one attached hydrogen (secondary N) is 1. The van der Waals surface area contributed by atoms with Crippen molar-refractivity contribution < 1.29 is 4.92 Å². The van der Waals surface area contributed by atoms with Gasteiger partial charge in [0.2, 0.25) is 5.95 Å². The molecule has 2 rings (SSSR count). The van der Waals surface area contributed by atoms with E-state index in [9.17, 15) is 10.1 Å². The lowest BCUT2D eigenvalue weighted by Crippen LogP contribution is -2.09. The number of nitrogens with zero attached hydrogens (tertiary/aromatic N) is 3. The summed E-state index contributed by atoms with van der Waals surface area (Å²) in [7, 11) is 0. The van der Waals surface area contributed by atoms with Gasteiger partial charge in [0.05, 0.1) is 11.0 Å². The molecule has 7 nitrogen and oxygen atoms in total. The van der Waals surface area contributed by atoms with Crippen LogP contribution in [0, 0.1) is 10.1 Å². The van der Waals surface area contributed by atoms with Gasteiger partial charge in [-0.05, 0) is 24.6 Å². The fraction of sp³-hybridized carbons (Fsp3) is 0.167. The maximum absolute atomic E-state index is 10.5. The number of benzene rings is 1. The van der Waals surface area contributed by atoms with E-state index in [1.165, 1.54) is 12.4 Å². The standard InChI is InChI=1S/C12H13N5O2/c1-8(9-2-4-10(13)5-3-9)16-12-14-6-11(7-15-12)17(18)19/h2-8H,13H2,1H3,(H,14,15,16). The number of nitrogen functional groups attached to an aromatic ring is 1. The molecule has 0 fully saturated rings. The van der Waals surface area contributed by atoms with Gasteiger partial charge in [0.1, 0.15) is 12.4 Å². The van der Waals surface area contributed by atoms with E-state index in [1.54, 1.807) is 0 Å². The summed E-state index contributed by atoms with van der Waals surface area (Å²) in [5.41, 5.74) is 7.20. The number of nitrogens with two attached hydrogens (primary N) is 1. The third kappa shape index (κ3) is 3.15. The van der Waals surface area contributed by atoms with Gasteiger partial charge < -0.3 is 11.1 Å². The predicted octanol–water partition coefficient (Wildman–Crippen LogP) is 2.14. The van der Waals surface area contributed by atoms with Crippen LogP contribution in [-0.2, 0) is 0 Å². The minimum atomic E-state index is -0.535. The Morgan fingerprint density at radius 1 is 1.26 bits per heavy atom. The van der Waals surface area contributed by atoms with Gasteiger partial charge in [-0.25, -0.2) is 9.97 Å². The Bertz CT molecular complexity index is 568. The Balaban J connectivity index is 2.08. The monoisotopic (exact) mass is 259 g/mol. The van der Waals surface area contributed by atoms with E-state index >= 15 is 0 Å². The molecule has 2 aromatic rings. The van der Waals surface area contributed by atoms with E-state index in [2.05, 4.69) is 15.3 Å². The zero-order valence-electron chi connectivity index (χ0n) is 10.3. The van der Waals surface area contributed by atoms with Crippen LogP contribution in [0.1, 0.15) is 18.5 Å². The first-order chi connectivity index (χ1) is 9.06. The van der Waals surface area contributed by atoms with Crippen LogP contribution in [0.4, 0.5) is 17.3 Å². The predicted molar refractivity (Wildman–Crippen MR) is 71.6 cm³/mol. The van der Waals surface area contributed by atoms with Gasteiger partial charge in [0.15, 0.2) is 0 Å². The van der Waals surface area contributed by atoms with Crippen LogP contribution in [0.2, 0.25) is 0 Å². The Kier molecular flexibility index (Phi) is 3.56. The summed E-state index contributed by atoms with van der Waals surface area (Å²) in [5.74, 6) is 0.343. The van der Waals surface area contributed by atoms with E-state index in [0.717, 1.165) is 5.56 Å². The SMILES string of the molecule is CC(Nc1ncc([N+](=O)[O-])cn1)c1ccc(N)cc1. The molecule has 0 spiro atoms. The molecule has 1 heterocycles. The molecule has 0 radical (unpaired) electrons. The van der Waals surface area contributed by atoms with Gasteiger partial charge in [-0.2, -0.15) is 0 Å². The van der Waals surface area contributed by atoms with E-state index in [0.29, 0.717) is 11.6 Å². The minimum Gasteiger partial charge on any atom is -0.399 e. The summed E-state index contributed by atoms with van der Waals surface area (Å²) in [5, 5.41) is 13.5. The fourth-order valence-electron chi connectivity index (χ4n) is 1.55. The molecule has 7 heteroatoms. The van der Waals surface area contributed by atoms with Crippen molar-refractivity contribution in [1.29, 1.82) is 0 Å². The maximum Gasteiger partial charge on any atom is 0.305 e. The number of nitro groups is 1. The Morgan fingerprint density at radius 2 is 1.84 bits per heavy atom. The molecule has 0 bridgehead atoms. The molecule has 19 heavy (non-hydrogen) atoms. The molecule has 0 saturated heterocycles. The Morgan fingerprint density at radius 3 is 2.37 bits per heavy atom. The Labute approximate surface area is 109 Å². The molecule has 1 atom stereocenters. The topological polar surface area (TPSA) is 107 Å². The first kappa shape index (κ1) is 12.7. The third-order valence-electron chi connectivity index (χ3n) is 2.63. The third-order valence-corrected chi connectivity index (χ3v) is 2.63. The second kappa shape index (κ2) is 5.30. The van der Waals surface area contributed by atoms with Crippen LogP contribution in [0.25, 0.3) is 0 Å². The van der Waals surface area contributed by atoms with Crippen molar-refractivity contribution in [1.82, 2.24) is 9.97 Å². The van der Waals surface area contributed by atoms with E-state index in [-0.39, 0.29) is 11.7 Å². The highest BCUT2D eigenvalue weighted by Gasteiger charge is 2.09. The van der Waals surface area contributed by atoms with Crippen molar-refractivity contribution in [3.8, 4) is 0 Å². The van der Waals surface area contributed by atoms with Crippen molar-refractivity contribution in [2.45, 2.75) is 13.0 Å². The van der Waals surface area contributed by atoms with Crippen molar-refractivity contribution in [3.05, 3.63) is 52.3 Å². The van der Waals surface area contributed by atoms with E-state index in [4.69, 9.17) is 5.73 Å². The highest BCUT2D eigenvalue weighted by Crippen LogP contribution is 2.18. The van der Waals surface area contributed by atoms with Gasteiger partial charge in [-0.15, -0.1) is 0 Å². The molecule has 0 saturated carbocycles. The maximum atomic E-state index is 10.5. The van der Waals surface area contributed by atoms with Crippen LogP contribution >= 0.6 is 0 Å². The van der Waals surface area contributed by atoms with Crippen molar-refractivity contribution >= 4 is 17.3 Å². The van der Waals surface area contributed by atoms with E-state index in [1.807, 2.05) is 31.2 Å². The highest BCUT2D eigenvalue weighted by atomic mass is 16.6. The molecule has 1 unspecified atom stereocenters. The number of hydrogen-bond donors (Lipinski definition) is 2. The van der Waals surface area contributed by atoms with Gasteiger partial charge in [0, 0.05) is 5.69 Å². The average molecular weight is 259 g/mol. The molecular weight excluding hydrogens is 246 g/mol. The summed E-state index contributed by atoms with van der Waals surface area (Å²) in [4.78, 5) is 17.7. The molecule has 0 aliphatic heterocycles. The number of rotatable bonds is 4. The Hall–Kier alpha value is -2.70. The van der Waals surface area contributed by atoms with Crippen molar-refractivity contribution in [3.63, 3.8) is 0 Å². The smallest absolute Gasteiger partial charge is 0.305 e. The lowest BCUT2D eigenvalue weighted by molar-refractivity contribution is -0.385. The molecule has 3 N–H and O–H groups in total. The molecule has 0 aliphatic carbocycles. The first-order valence-corrected chi connectivity index (χ1v) is 5.64. The molecule has 0 aliphatic rings. The van der Waals surface area contributed by atoms with Gasteiger partial charge in [-0.3, -0.25) is 10.1 Å². The highest BCUT2D eigenvalue weighted by molar-refractivity contribution is 5.42. The van der Waals surface area contributed by atoms with Crippen molar-refractivity contribution in [2.75, 3.05) is 11.1 Å². The zero-order chi connectivity index (χ0) is 13.8. The fourth-order valence-corrected chi connectivity index (χ4v) is 1.55. The van der Waals surface area contributed by atoms with Crippen LogP contribution in [0.15, 0.2) is 36.7 Å². The quantitative estimate of drug-likeness (QED) is 0.495. The lowest BCUT2D eigenvalue weighted by Gasteiger charge is -2.13. The summed E-state index contributed by atoms with van der Waals surface area (Å²) >= 11 is 0. The second-order valence-electron chi connectivity index (χ2n) is 4.05. The van der Waals surface area contributed by atoms with Crippen molar-refractivity contribution in [2.24, 2.45) is 0 Å². The van der Waals surface area contributed by atoms with Gasteiger partial charge in [-0.1, -0.05) is 12.1 Å². The largest absolute Gasteiger partial charge is 0.399 e. The zero-order valence-corrected chi connectivity index (χ0v) is 10.3. The molecule has 1 aromatic carbocycles. The molecule has 98 valence electrons. The molecule has 1 aromatic heterocycles. The average Bonchev–Trinajstić information content (AvgIpc) is 2.40. The first-order valence-electron chi connectivity index (χ1n) is 5.64. The van der Waals surface area contributed by atoms with Crippen LogP contribution in [-0.4, -0.2) is 14.9 Å².